The lowest BCUT2D eigenvalue weighted by Crippen LogP contribution is -2.35. The topological polar surface area (TPSA) is 110 Å². The van der Waals surface area contributed by atoms with E-state index in [4.69, 9.17) is 31.0 Å². The normalized spacial score (nSPS) is 16.8. The van der Waals surface area contributed by atoms with Gasteiger partial charge < -0.3 is 19.4 Å². The zero-order valence-electron chi connectivity index (χ0n) is 28.9. The summed E-state index contributed by atoms with van der Waals surface area (Å²) in [5.41, 5.74) is 4.65. The van der Waals surface area contributed by atoms with E-state index >= 15 is 0 Å². The second-order valence-corrected chi connectivity index (χ2v) is 14.1. The van der Waals surface area contributed by atoms with Crippen LogP contribution >= 0.6 is 11.6 Å². The van der Waals surface area contributed by atoms with Gasteiger partial charge in [-0.05, 0) is 93.4 Å². The molecule has 6 aromatic rings. The van der Waals surface area contributed by atoms with Gasteiger partial charge in [-0.15, -0.1) is 0 Å². The molecule has 0 saturated carbocycles. The maximum Gasteiger partial charge on any atom is 0.282 e. The number of piperidine rings is 1. The number of aromatic nitrogens is 5. The van der Waals surface area contributed by atoms with E-state index in [1.807, 2.05) is 18.2 Å². The number of hydrogen-bond acceptors (Lipinski definition) is 7. The minimum atomic E-state index is -2.74. The molecule has 0 radical (unpaired) electrons. The first-order chi connectivity index (χ1) is 25.7. The highest BCUT2D eigenvalue weighted by molar-refractivity contribution is 6.30. The highest BCUT2D eigenvalue weighted by Gasteiger charge is 2.27. The third kappa shape index (κ3) is 7.46. The second kappa shape index (κ2) is 14.8. The average molecular weight is 744 g/mol. The van der Waals surface area contributed by atoms with Crippen molar-refractivity contribution in [2.24, 2.45) is 0 Å². The van der Waals surface area contributed by atoms with Gasteiger partial charge in [-0.3, -0.25) is 14.8 Å². The van der Waals surface area contributed by atoms with Gasteiger partial charge in [0.05, 0.1) is 35.7 Å². The van der Waals surface area contributed by atoms with Crippen molar-refractivity contribution in [1.82, 2.24) is 29.6 Å². The molecule has 274 valence electrons. The molecule has 0 spiro atoms. The number of halogens is 4. The van der Waals surface area contributed by atoms with Gasteiger partial charge in [0, 0.05) is 51.5 Å². The predicted molar refractivity (Wildman–Crippen MR) is 195 cm³/mol. The van der Waals surface area contributed by atoms with Crippen LogP contribution in [0.15, 0.2) is 66.7 Å². The molecule has 5 heterocycles. The molecule has 1 amide bonds. The number of ether oxygens (including phenoxy) is 2. The van der Waals surface area contributed by atoms with Crippen LogP contribution in [0.4, 0.5) is 18.9 Å². The summed E-state index contributed by atoms with van der Waals surface area (Å²) in [4.78, 5) is 25.6. The van der Waals surface area contributed by atoms with Gasteiger partial charge in [-0.25, -0.2) is 23.1 Å². The van der Waals surface area contributed by atoms with Crippen LogP contribution in [0.2, 0.25) is 5.02 Å². The van der Waals surface area contributed by atoms with Gasteiger partial charge >= 0.3 is 0 Å². The van der Waals surface area contributed by atoms with Crippen molar-refractivity contribution in [3.63, 3.8) is 0 Å². The largest absolute Gasteiger partial charge is 0.473 e. The first-order valence-electron chi connectivity index (χ1n) is 17.6. The summed E-state index contributed by atoms with van der Waals surface area (Å²) in [6, 6.07) is 18.9. The van der Waals surface area contributed by atoms with E-state index in [2.05, 4.69) is 25.0 Å². The number of rotatable bonds is 11. The number of aromatic amines is 1. The molecule has 2 aliphatic heterocycles. The van der Waals surface area contributed by atoms with E-state index in [-0.39, 0.29) is 35.6 Å². The van der Waals surface area contributed by atoms with Gasteiger partial charge in [-0.2, -0.15) is 5.10 Å². The van der Waals surface area contributed by atoms with Gasteiger partial charge in [0.2, 0.25) is 5.88 Å². The number of H-pyrrole nitrogens is 1. The number of nitrogens with one attached hydrogen (secondary N) is 2. The molecule has 53 heavy (non-hydrogen) atoms. The number of pyridine rings is 1. The molecule has 1 atom stereocenters. The lowest BCUT2D eigenvalue weighted by Gasteiger charge is -2.32. The molecular formula is C39H37ClF3N7O3. The summed E-state index contributed by atoms with van der Waals surface area (Å²) < 4.78 is 55.1. The Labute approximate surface area is 308 Å². The molecule has 2 aliphatic rings. The molecule has 2 N–H and O–H groups in total. The van der Waals surface area contributed by atoms with E-state index < -0.39 is 12.2 Å². The number of hydrogen-bond donors (Lipinski definition) is 2. The number of imidazole rings is 1. The summed E-state index contributed by atoms with van der Waals surface area (Å²) >= 11 is 5.88. The quantitative estimate of drug-likeness (QED) is 0.137. The smallest absolute Gasteiger partial charge is 0.282 e. The van der Waals surface area contributed by atoms with E-state index in [1.165, 1.54) is 12.1 Å². The Kier molecular flexibility index (Phi) is 9.80. The molecule has 0 unspecified atom stereocenters. The number of likely N-dealkylation sites (tertiary alicyclic amines) is 1. The minimum Gasteiger partial charge on any atom is -0.473 e. The number of amides is 1. The van der Waals surface area contributed by atoms with Gasteiger partial charge in [-0.1, -0.05) is 23.7 Å². The predicted octanol–water partition coefficient (Wildman–Crippen LogP) is 8.35. The van der Waals surface area contributed by atoms with Crippen molar-refractivity contribution < 1.29 is 27.4 Å². The Morgan fingerprint density at radius 1 is 1.08 bits per heavy atom. The highest BCUT2D eigenvalue weighted by Crippen LogP contribution is 2.32. The molecule has 10 nitrogen and oxygen atoms in total. The summed E-state index contributed by atoms with van der Waals surface area (Å²) in [6.07, 6.45) is 0.148. The fourth-order valence-electron chi connectivity index (χ4n) is 7.15. The van der Waals surface area contributed by atoms with Crippen LogP contribution in [-0.2, 0) is 24.4 Å². The number of fused-ring (bicyclic) bond motifs is 2. The number of anilines is 1. The summed E-state index contributed by atoms with van der Waals surface area (Å²) in [5.74, 6) is 0.827. The van der Waals surface area contributed by atoms with Crippen molar-refractivity contribution in [1.29, 1.82) is 0 Å². The van der Waals surface area contributed by atoms with Crippen LogP contribution in [0.1, 0.15) is 70.3 Å². The lowest BCUT2D eigenvalue weighted by atomic mass is 9.93. The Morgan fingerprint density at radius 3 is 2.66 bits per heavy atom. The Bertz CT molecular complexity index is 2300. The van der Waals surface area contributed by atoms with Crippen LogP contribution in [0.3, 0.4) is 0 Å². The number of nitrogens with zero attached hydrogens (tertiary/aromatic N) is 5. The number of aryl methyl sites for hydroxylation is 1. The Balaban J connectivity index is 0.949. The summed E-state index contributed by atoms with van der Waals surface area (Å²) in [5, 5.41) is 9.91. The number of alkyl halides is 2. The van der Waals surface area contributed by atoms with Gasteiger partial charge in [0.15, 0.2) is 0 Å². The van der Waals surface area contributed by atoms with Crippen molar-refractivity contribution >= 4 is 45.1 Å². The van der Waals surface area contributed by atoms with E-state index in [0.29, 0.717) is 57.4 Å². The molecule has 0 bridgehead atoms. The Morgan fingerprint density at radius 2 is 1.91 bits per heavy atom. The Hall–Kier alpha value is -4.98. The van der Waals surface area contributed by atoms with Crippen LogP contribution in [0.25, 0.3) is 21.9 Å². The molecule has 8 rings (SSSR count). The van der Waals surface area contributed by atoms with Crippen LogP contribution in [0, 0.1) is 12.7 Å². The monoisotopic (exact) mass is 743 g/mol. The third-order valence-electron chi connectivity index (χ3n) is 10.1. The molecule has 0 aliphatic carbocycles. The first-order valence-corrected chi connectivity index (χ1v) is 18.0. The summed E-state index contributed by atoms with van der Waals surface area (Å²) in [7, 11) is 0. The molecule has 3 aromatic heterocycles. The number of carbonyl (C=O) groups is 1. The third-order valence-corrected chi connectivity index (χ3v) is 10.4. The van der Waals surface area contributed by atoms with E-state index in [1.54, 1.807) is 43.3 Å². The number of benzene rings is 3. The highest BCUT2D eigenvalue weighted by atomic mass is 35.5. The van der Waals surface area contributed by atoms with Crippen molar-refractivity contribution in [2.45, 2.75) is 64.3 Å². The van der Waals surface area contributed by atoms with Crippen molar-refractivity contribution in [3.05, 3.63) is 111 Å². The fourth-order valence-corrected chi connectivity index (χ4v) is 7.31. The molecule has 14 heteroatoms. The molecule has 3 aromatic carbocycles. The van der Waals surface area contributed by atoms with E-state index in [0.717, 1.165) is 56.0 Å². The standard InChI is InChI=1S/C39H37ClF3N7O3/c1-22-15-27(18-29-36(22)47-48-37(29)38(42)43)44-39(51)24-6-8-33-32(16-24)45-34(50(33)19-28-11-14-52-28)20-49-12-9-23(10-13-49)31-3-2-4-35(46-31)53-21-25-5-7-26(40)17-30(25)41/h2-8,15-18,23,28,38H,9-14,19-21H2,1H3,(H,44,51)(H,47,48)/t28-/m0/s1. The van der Waals surface area contributed by atoms with Crippen LogP contribution in [-0.4, -0.2) is 61.3 Å². The maximum absolute atomic E-state index is 14.2. The zero-order chi connectivity index (χ0) is 36.6. The lowest BCUT2D eigenvalue weighted by molar-refractivity contribution is -0.0592. The average Bonchev–Trinajstić information content (AvgIpc) is 3.71. The zero-order valence-corrected chi connectivity index (χ0v) is 29.7. The van der Waals surface area contributed by atoms with Crippen molar-refractivity contribution in [3.8, 4) is 5.88 Å². The minimum absolute atomic E-state index is 0.0588. The SMILES string of the molecule is Cc1cc(NC(=O)c2ccc3c(c2)nc(CN2CCC(c4cccc(OCc5ccc(Cl)cc5F)n4)CC2)n3C[C@@H]2CCO2)cc2c(C(F)F)n[nH]c12. The van der Waals surface area contributed by atoms with E-state index in [9.17, 15) is 18.0 Å². The first kappa shape index (κ1) is 35.1. The fraction of sp³-hybridized carbons (Fsp3) is 0.333. The van der Waals surface area contributed by atoms with Gasteiger partial charge in [0.25, 0.3) is 12.3 Å². The number of carbonyl (C=O) groups excluding carboxylic acids is 1. The molecule has 2 saturated heterocycles. The molecular weight excluding hydrogens is 707 g/mol. The second-order valence-electron chi connectivity index (χ2n) is 13.7. The van der Waals surface area contributed by atoms with Crippen LogP contribution < -0.4 is 10.1 Å². The van der Waals surface area contributed by atoms with Crippen LogP contribution in [0.5, 0.6) is 5.88 Å². The molecule has 2 fully saturated rings. The summed E-state index contributed by atoms with van der Waals surface area (Å²) in [6.45, 7) is 5.57. The van der Waals surface area contributed by atoms with Gasteiger partial charge in [0.1, 0.15) is 23.9 Å². The van der Waals surface area contributed by atoms with Crippen molar-refractivity contribution in [2.75, 3.05) is 25.0 Å². The maximum atomic E-state index is 14.2.